The van der Waals surface area contributed by atoms with Crippen LogP contribution in [-0.2, 0) is 6.61 Å². The molecule has 0 N–H and O–H groups in total. The van der Waals surface area contributed by atoms with Crippen molar-refractivity contribution in [1.82, 2.24) is 10.2 Å². The lowest BCUT2D eigenvalue weighted by Crippen LogP contribution is -2.02. The minimum absolute atomic E-state index is 0.0628. The Morgan fingerprint density at radius 3 is 2.58 bits per heavy atom. The van der Waals surface area contributed by atoms with E-state index >= 15 is 0 Å². The predicted molar refractivity (Wildman–Crippen MR) is 86.6 cm³/mol. The minimum atomic E-state index is -0.473. The van der Waals surface area contributed by atoms with Gasteiger partial charge in [0.25, 0.3) is 5.89 Å². The summed E-state index contributed by atoms with van der Waals surface area (Å²) in [4.78, 5) is 11.6. The number of aromatic nitrogens is 2. The molecule has 6 heteroatoms. The first kappa shape index (κ1) is 14.2. The van der Waals surface area contributed by atoms with E-state index in [1.165, 1.54) is 6.07 Å². The number of fused-ring (bicyclic) bond motifs is 1. The van der Waals surface area contributed by atoms with E-state index in [1.54, 1.807) is 12.1 Å². The lowest BCUT2D eigenvalue weighted by molar-refractivity contribution is 0.265. The number of hydrogen-bond acceptors (Lipinski definition) is 6. The predicted octanol–water partition coefficient (Wildman–Crippen LogP) is 3.42. The van der Waals surface area contributed by atoms with Gasteiger partial charge in [-0.05, 0) is 24.3 Å². The summed E-state index contributed by atoms with van der Waals surface area (Å²) in [6.07, 6.45) is 0. The standard InChI is InChI=1S/C18H12N2O4/c21-17-10-15(13-8-4-5-9-14(13)23-17)22-11-16-19-20-18(24-16)12-6-2-1-3-7-12/h1-10H,11H2. The van der Waals surface area contributed by atoms with Gasteiger partial charge in [-0.15, -0.1) is 10.2 Å². The van der Waals surface area contributed by atoms with Gasteiger partial charge in [0, 0.05) is 5.56 Å². The molecule has 2 heterocycles. The van der Waals surface area contributed by atoms with Gasteiger partial charge in [0.2, 0.25) is 5.89 Å². The van der Waals surface area contributed by atoms with E-state index in [9.17, 15) is 4.79 Å². The van der Waals surface area contributed by atoms with Gasteiger partial charge in [-0.1, -0.05) is 30.3 Å². The number of benzene rings is 2. The van der Waals surface area contributed by atoms with E-state index in [4.69, 9.17) is 13.6 Å². The summed E-state index contributed by atoms with van der Waals surface area (Å²) in [6, 6.07) is 17.9. The fourth-order valence-electron chi connectivity index (χ4n) is 2.35. The maximum Gasteiger partial charge on any atom is 0.339 e. The van der Waals surface area contributed by atoms with Crippen LogP contribution < -0.4 is 10.4 Å². The summed E-state index contributed by atoms with van der Waals surface area (Å²) in [6.45, 7) is 0.0628. The molecule has 118 valence electrons. The average Bonchev–Trinajstić information content (AvgIpc) is 3.09. The third kappa shape index (κ3) is 2.77. The maximum atomic E-state index is 11.6. The van der Waals surface area contributed by atoms with Crippen LogP contribution in [0.15, 0.2) is 74.3 Å². The van der Waals surface area contributed by atoms with Crippen molar-refractivity contribution in [3.05, 3.63) is 77.0 Å². The largest absolute Gasteiger partial charge is 0.483 e. The van der Waals surface area contributed by atoms with E-state index in [0.717, 1.165) is 5.56 Å². The molecule has 6 nitrogen and oxygen atoms in total. The summed E-state index contributed by atoms with van der Waals surface area (Å²) >= 11 is 0. The molecule has 2 aromatic carbocycles. The van der Waals surface area contributed by atoms with Gasteiger partial charge in [-0.2, -0.15) is 0 Å². The van der Waals surface area contributed by atoms with E-state index in [0.29, 0.717) is 28.5 Å². The maximum absolute atomic E-state index is 11.6. The molecule has 0 unspecified atom stereocenters. The second kappa shape index (κ2) is 6.00. The van der Waals surface area contributed by atoms with Crippen molar-refractivity contribution in [2.45, 2.75) is 6.61 Å². The molecule has 0 bridgehead atoms. The zero-order valence-corrected chi connectivity index (χ0v) is 12.5. The van der Waals surface area contributed by atoms with Gasteiger partial charge < -0.3 is 13.6 Å². The second-order valence-electron chi connectivity index (χ2n) is 5.08. The highest BCUT2D eigenvalue weighted by atomic mass is 16.5. The number of ether oxygens (including phenoxy) is 1. The summed E-state index contributed by atoms with van der Waals surface area (Å²) in [5.41, 5.74) is 0.830. The molecule has 0 radical (unpaired) electrons. The summed E-state index contributed by atoms with van der Waals surface area (Å²) in [5, 5.41) is 8.68. The molecule has 2 aromatic heterocycles. The molecule has 0 aliphatic rings. The fourth-order valence-corrected chi connectivity index (χ4v) is 2.35. The Bertz CT molecular complexity index is 1040. The summed E-state index contributed by atoms with van der Waals surface area (Å²) in [7, 11) is 0. The van der Waals surface area contributed by atoms with Crippen molar-refractivity contribution < 1.29 is 13.6 Å². The average molecular weight is 320 g/mol. The van der Waals surface area contributed by atoms with Crippen molar-refractivity contribution in [2.24, 2.45) is 0 Å². The molecular weight excluding hydrogens is 308 g/mol. The fraction of sp³-hybridized carbons (Fsp3) is 0.0556. The molecular formula is C18H12N2O4. The highest BCUT2D eigenvalue weighted by Gasteiger charge is 2.11. The Morgan fingerprint density at radius 2 is 1.71 bits per heavy atom. The van der Waals surface area contributed by atoms with Gasteiger partial charge in [0.05, 0.1) is 11.5 Å². The van der Waals surface area contributed by atoms with Crippen molar-refractivity contribution in [3.8, 4) is 17.2 Å². The van der Waals surface area contributed by atoms with Crippen LogP contribution >= 0.6 is 0 Å². The molecule has 0 aliphatic carbocycles. The van der Waals surface area contributed by atoms with Crippen molar-refractivity contribution >= 4 is 11.0 Å². The first-order valence-corrected chi connectivity index (χ1v) is 7.33. The molecule has 4 rings (SSSR count). The van der Waals surface area contributed by atoms with Crippen molar-refractivity contribution in [2.75, 3.05) is 0 Å². The highest BCUT2D eigenvalue weighted by molar-refractivity contribution is 5.82. The molecule has 0 aliphatic heterocycles. The number of rotatable bonds is 4. The Kier molecular flexibility index (Phi) is 3.55. The van der Waals surface area contributed by atoms with Crippen molar-refractivity contribution in [1.29, 1.82) is 0 Å². The third-order valence-corrected chi connectivity index (χ3v) is 3.45. The quantitative estimate of drug-likeness (QED) is 0.536. The molecule has 4 aromatic rings. The Labute approximate surface area is 136 Å². The van der Waals surface area contributed by atoms with Crippen LogP contribution in [0.3, 0.4) is 0 Å². The van der Waals surface area contributed by atoms with E-state index in [1.807, 2.05) is 42.5 Å². The van der Waals surface area contributed by atoms with Gasteiger partial charge >= 0.3 is 5.63 Å². The molecule has 0 atom stereocenters. The monoisotopic (exact) mass is 320 g/mol. The molecule has 0 spiro atoms. The molecule has 0 amide bonds. The van der Waals surface area contributed by atoms with E-state index in [-0.39, 0.29) is 6.61 Å². The normalized spacial score (nSPS) is 10.8. The number of hydrogen-bond donors (Lipinski definition) is 0. The van der Waals surface area contributed by atoms with E-state index in [2.05, 4.69) is 10.2 Å². The van der Waals surface area contributed by atoms with Crippen LogP contribution in [0.1, 0.15) is 5.89 Å². The lowest BCUT2D eigenvalue weighted by atomic mass is 10.2. The Balaban J connectivity index is 1.58. The van der Waals surface area contributed by atoms with E-state index < -0.39 is 5.63 Å². The van der Waals surface area contributed by atoms with Crippen LogP contribution in [-0.4, -0.2) is 10.2 Å². The first-order chi connectivity index (χ1) is 11.8. The number of para-hydroxylation sites is 1. The highest BCUT2D eigenvalue weighted by Crippen LogP contribution is 2.24. The van der Waals surface area contributed by atoms with Crippen molar-refractivity contribution in [3.63, 3.8) is 0 Å². The van der Waals surface area contributed by atoms with Crippen LogP contribution in [0.4, 0.5) is 0 Å². The number of nitrogens with zero attached hydrogens (tertiary/aromatic N) is 2. The van der Waals surface area contributed by atoms with Gasteiger partial charge in [0.15, 0.2) is 6.61 Å². The topological polar surface area (TPSA) is 78.4 Å². The molecule has 0 fully saturated rings. The molecule has 0 saturated heterocycles. The zero-order chi connectivity index (χ0) is 16.4. The van der Waals surface area contributed by atoms with Gasteiger partial charge in [-0.3, -0.25) is 0 Å². The third-order valence-electron chi connectivity index (χ3n) is 3.45. The van der Waals surface area contributed by atoms with Gasteiger partial charge in [-0.25, -0.2) is 4.79 Å². The molecule has 24 heavy (non-hydrogen) atoms. The van der Waals surface area contributed by atoms with Crippen LogP contribution in [0.2, 0.25) is 0 Å². The van der Waals surface area contributed by atoms with Crippen LogP contribution in [0, 0.1) is 0 Å². The summed E-state index contributed by atoms with van der Waals surface area (Å²) < 4.78 is 16.4. The molecule has 0 saturated carbocycles. The first-order valence-electron chi connectivity index (χ1n) is 7.33. The zero-order valence-electron chi connectivity index (χ0n) is 12.5. The second-order valence-corrected chi connectivity index (χ2v) is 5.08. The van der Waals surface area contributed by atoms with Gasteiger partial charge in [0.1, 0.15) is 11.3 Å². The van der Waals surface area contributed by atoms with Crippen LogP contribution in [0.5, 0.6) is 5.75 Å². The Morgan fingerprint density at radius 1 is 0.917 bits per heavy atom. The summed E-state index contributed by atoms with van der Waals surface area (Å²) in [5.74, 6) is 1.17. The van der Waals surface area contributed by atoms with Crippen LogP contribution in [0.25, 0.3) is 22.4 Å². The smallest absolute Gasteiger partial charge is 0.339 e. The Hall–Kier alpha value is -3.41. The minimum Gasteiger partial charge on any atom is -0.483 e. The lowest BCUT2D eigenvalue weighted by Gasteiger charge is -2.05. The SMILES string of the molecule is O=c1cc(OCc2nnc(-c3ccccc3)o2)c2ccccc2o1.